The van der Waals surface area contributed by atoms with Crippen molar-refractivity contribution in [2.45, 2.75) is 51.9 Å². The Morgan fingerprint density at radius 2 is 2.00 bits per heavy atom. The highest BCUT2D eigenvalue weighted by molar-refractivity contribution is 5.67. The Morgan fingerprint density at radius 1 is 1.25 bits per heavy atom. The Kier molecular flexibility index (Phi) is 5.15. The van der Waals surface area contributed by atoms with Crippen LogP contribution in [0.15, 0.2) is 34.9 Å². The predicted octanol–water partition coefficient (Wildman–Crippen LogP) is 2.84. The maximum absolute atomic E-state index is 11.8. The second-order valence-corrected chi connectivity index (χ2v) is 6.25. The van der Waals surface area contributed by atoms with Crippen molar-refractivity contribution in [1.82, 2.24) is 15.8 Å². The molecule has 0 aliphatic heterocycles. The number of hydrogen-bond donors (Lipinski definition) is 2. The lowest BCUT2D eigenvalue weighted by molar-refractivity contribution is 0.125. The van der Waals surface area contributed by atoms with E-state index in [0.29, 0.717) is 12.6 Å². The van der Waals surface area contributed by atoms with Crippen LogP contribution in [0.2, 0.25) is 0 Å². The number of carbonyl (C=O) groups excluding carboxylic acids is 1. The number of hydrogen-bond acceptors (Lipinski definition) is 5. The molecule has 0 unspecified atom stereocenters. The highest BCUT2D eigenvalue weighted by Gasteiger charge is 2.30. The van der Waals surface area contributed by atoms with E-state index in [2.05, 4.69) is 15.8 Å². The fraction of sp³-hybridized carbons (Fsp3) is 0.444. The Balaban J connectivity index is 1.33. The average Bonchev–Trinajstić information content (AvgIpc) is 2.87. The number of nitrogens with zero attached hydrogens (tertiary/aromatic N) is 1. The summed E-state index contributed by atoms with van der Waals surface area (Å²) < 4.78 is 10.4. The van der Waals surface area contributed by atoms with Gasteiger partial charge in [-0.3, -0.25) is 0 Å². The Labute approximate surface area is 141 Å². The van der Waals surface area contributed by atoms with Crippen LogP contribution in [-0.2, 0) is 17.9 Å². The number of aromatic nitrogens is 1. The van der Waals surface area contributed by atoms with Gasteiger partial charge in [-0.25, -0.2) is 4.79 Å². The van der Waals surface area contributed by atoms with E-state index >= 15 is 0 Å². The SMILES string of the molecule is Cc1noc(C)c1CNC1CC(NC(=O)OCc2ccccc2)C1. The van der Waals surface area contributed by atoms with Gasteiger partial charge in [0.05, 0.1) is 5.69 Å². The lowest BCUT2D eigenvalue weighted by Crippen LogP contribution is -2.52. The summed E-state index contributed by atoms with van der Waals surface area (Å²) in [4.78, 5) is 11.8. The largest absolute Gasteiger partial charge is 0.445 e. The molecule has 1 aliphatic rings. The molecule has 128 valence electrons. The summed E-state index contributed by atoms with van der Waals surface area (Å²) in [6.07, 6.45) is 1.46. The van der Waals surface area contributed by atoms with Gasteiger partial charge in [0.15, 0.2) is 0 Å². The number of carbonyl (C=O) groups is 1. The van der Waals surface area contributed by atoms with Gasteiger partial charge in [0, 0.05) is 24.2 Å². The van der Waals surface area contributed by atoms with Gasteiger partial charge < -0.3 is 19.9 Å². The Morgan fingerprint density at radius 3 is 2.67 bits per heavy atom. The normalized spacial score (nSPS) is 19.6. The first-order valence-electron chi connectivity index (χ1n) is 8.24. The van der Waals surface area contributed by atoms with E-state index in [0.717, 1.165) is 42.0 Å². The van der Waals surface area contributed by atoms with Crippen molar-refractivity contribution in [3.8, 4) is 0 Å². The molecule has 6 heteroatoms. The first-order chi connectivity index (χ1) is 11.6. The van der Waals surface area contributed by atoms with Gasteiger partial charge in [0.2, 0.25) is 0 Å². The van der Waals surface area contributed by atoms with Crippen LogP contribution in [0.25, 0.3) is 0 Å². The van der Waals surface area contributed by atoms with Crippen molar-refractivity contribution in [2.75, 3.05) is 0 Å². The second kappa shape index (κ2) is 7.49. The van der Waals surface area contributed by atoms with Crippen molar-refractivity contribution in [1.29, 1.82) is 0 Å². The molecule has 0 bridgehead atoms. The number of rotatable bonds is 6. The molecule has 1 fully saturated rings. The van der Waals surface area contributed by atoms with Crippen molar-refractivity contribution in [2.24, 2.45) is 0 Å². The molecule has 3 rings (SSSR count). The molecular weight excluding hydrogens is 306 g/mol. The molecule has 1 amide bonds. The van der Waals surface area contributed by atoms with Crippen LogP contribution in [-0.4, -0.2) is 23.3 Å². The average molecular weight is 329 g/mol. The fourth-order valence-electron chi connectivity index (χ4n) is 2.83. The lowest BCUT2D eigenvalue weighted by atomic mass is 9.86. The fourth-order valence-corrected chi connectivity index (χ4v) is 2.83. The van der Waals surface area contributed by atoms with E-state index < -0.39 is 0 Å². The van der Waals surface area contributed by atoms with Crippen LogP contribution < -0.4 is 10.6 Å². The molecule has 1 saturated carbocycles. The minimum absolute atomic E-state index is 0.176. The zero-order chi connectivity index (χ0) is 16.9. The molecule has 0 spiro atoms. The minimum Gasteiger partial charge on any atom is -0.445 e. The smallest absolute Gasteiger partial charge is 0.407 e. The topological polar surface area (TPSA) is 76.4 Å². The van der Waals surface area contributed by atoms with Gasteiger partial charge in [-0.2, -0.15) is 0 Å². The summed E-state index contributed by atoms with van der Waals surface area (Å²) >= 11 is 0. The quantitative estimate of drug-likeness (QED) is 0.852. The van der Waals surface area contributed by atoms with Gasteiger partial charge in [0.1, 0.15) is 12.4 Å². The monoisotopic (exact) mass is 329 g/mol. The Bertz CT molecular complexity index is 659. The maximum atomic E-state index is 11.8. The molecular formula is C18H23N3O3. The van der Waals surface area contributed by atoms with Crippen LogP contribution in [0, 0.1) is 13.8 Å². The first-order valence-corrected chi connectivity index (χ1v) is 8.24. The van der Waals surface area contributed by atoms with E-state index in [-0.39, 0.29) is 12.1 Å². The van der Waals surface area contributed by atoms with Crippen LogP contribution >= 0.6 is 0 Å². The molecule has 6 nitrogen and oxygen atoms in total. The summed E-state index contributed by atoms with van der Waals surface area (Å²) in [5.41, 5.74) is 3.03. The third kappa shape index (κ3) is 4.14. The minimum atomic E-state index is -0.354. The van der Waals surface area contributed by atoms with E-state index in [9.17, 15) is 4.79 Å². The van der Waals surface area contributed by atoms with Crippen LogP contribution in [0.3, 0.4) is 0 Å². The summed E-state index contributed by atoms with van der Waals surface area (Å²) in [6.45, 7) is 4.91. The van der Waals surface area contributed by atoms with Gasteiger partial charge in [0.25, 0.3) is 0 Å². The number of benzene rings is 1. The number of amides is 1. The van der Waals surface area contributed by atoms with Gasteiger partial charge >= 0.3 is 6.09 Å². The van der Waals surface area contributed by atoms with Crippen molar-refractivity contribution in [3.63, 3.8) is 0 Å². The number of alkyl carbamates (subject to hydrolysis) is 1. The zero-order valence-corrected chi connectivity index (χ0v) is 14.0. The van der Waals surface area contributed by atoms with Crippen molar-refractivity contribution < 1.29 is 14.1 Å². The summed E-state index contributed by atoms with van der Waals surface area (Å²) in [5, 5.41) is 10.3. The van der Waals surface area contributed by atoms with Crippen molar-refractivity contribution in [3.05, 3.63) is 52.9 Å². The predicted molar refractivity (Wildman–Crippen MR) is 89.4 cm³/mol. The molecule has 24 heavy (non-hydrogen) atoms. The van der Waals surface area contributed by atoms with Crippen LogP contribution in [0.1, 0.15) is 35.4 Å². The first kappa shape index (κ1) is 16.5. The molecule has 0 atom stereocenters. The van der Waals surface area contributed by atoms with Gasteiger partial charge in [-0.15, -0.1) is 0 Å². The van der Waals surface area contributed by atoms with Crippen molar-refractivity contribution >= 4 is 6.09 Å². The van der Waals surface area contributed by atoms with Gasteiger partial charge in [-0.1, -0.05) is 35.5 Å². The number of ether oxygens (including phenoxy) is 1. The second-order valence-electron chi connectivity index (χ2n) is 6.25. The van der Waals surface area contributed by atoms with E-state index in [1.54, 1.807) is 0 Å². The van der Waals surface area contributed by atoms with Crippen LogP contribution in [0.4, 0.5) is 4.79 Å². The maximum Gasteiger partial charge on any atom is 0.407 e. The molecule has 2 aromatic rings. The van der Waals surface area contributed by atoms with E-state index in [4.69, 9.17) is 9.26 Å². The standard InChI is InChI=1S/C18H23N3O3/c1-12-17(13(2)24-21-12)10-19-15-8-16(9-15)20-18(22)23-11-14-6-4-3-5-7-14/h3-7,15-16,19H,8-11H2,1-2H3,(H,20,22). The lowest BCUT2D eigenvalue weighted by Gasteiger charge is -2.36. The highest BCUT2D eigenvalue weighted by Crippen LogP contribution is 2.21. The third-order valence-corrected chi connectivity index (χ3v) is 4.42. The molecule has 0 saturated heterocycles. The Hall–Kier alpha value is -2.34. The summed E-state index contributed by atoms with van der Waals surface area (Å²) in [5.74, 6) is 0.860. The molecule has 1 heterocycles. The van der Waals surface area contributed by atoms with E-state index in [1.165, 1.54) is 0 Å². The molecule has 1 aromatic carbocycles. The number of aryl methyl sites for hydroxylation is 2. The van der Waals surface area contributed by atoms with Crippen LogP contribution in [0.5, 0.6) is 0 Å². The zero-order valence-electron chi connectivity index (χ0n) is 14.0. The molecule has 2 N–H and O–H groups in total. The third-order valence-electron chi connectivity index (χ3n) is 4.42. The molecule has 1 aromatic heterocycles. The number of nitrogens with one attached hydrogen (secondary N) is 2. The summed E-state index contributed by atoms with van der Waals surface area (Å²) in [7, 11) is 0. The molecule has 1 aliphatic carbocycles. The molecule has 0 radical (unpaired) electrons. The van der Waals surface area contributed by atoms with Gasteiger partial charge in [-0.05, 0) is 32.3 Å². The van der Waals surface area contributed by atoms with E-state index in [1.807, 2.05) is 44.2 Å². The highest BCUT2D eigenvalue weighted by atomic mass is 16.5. The summed E-state index contributed by atoms with van der Waals surface area (Å²) in [6, 6.07) is 10.2.